The Morgan fingerprint density at radius 1 is 1.03 bits per heavy atom. The van der Waals surface area contributed by atoms with E-state index in [9.17, 15) is 4.79 Å². The van der Waals surface area contributed by atoms with Gasteiger partial charge in [-0.15, -0.1) is 0 Å². The molecular formula is C25H28N2O2. The fraction of sp³-hybridized carbons (Fsp3) is 0.320. The van der Waals surface area contributed by atoms with Crippen molar-refractivity contribution in [2.75, 3.05) is 26.7 Å². The highest BCUT2D eigenvalue weighted by molar-refractivity contribution is 5.86. The molecule has 0 N–H and O–H groups in total. The van der Waals surface area contributed by atoms with Gasteiger partial charge in [0.1, 0.15) is 0 Å². The van der Waals surface area contributed by atoms with Crippen LogP contribution in [0.4, 0.5) is 0 Å². The second kappa shape index (κ2) is 9.21. The highest BCUT2D eigenvalue weighted by atomic mass is 16.5. The van der Waals surface area contributed by atoms with Gasteiger partial charge < -0.3 is 9.64 Å². The van der Waals surface area contributed by atoms with E-state index >= 15 is 0 Å². The molecule has 1 amide bonds. The van der Waals surface area contributed by atoms with E-state index in [2.05, 4.69) is 59.5 Å². The van der Waals surface area contributed by atoms with Crippen molar-refractivity contribution in [3.8, 4) is 0 Å². The Morgan fingerprint density at radius 3 is 2.66 bits per heavy atom. The first kappa shape index (κ1) is 19.6. The lowest BCUT2D eigenvalue weighted by atomic mass is 10.0. The highest BCUT2D eigenvalue weighted by Gasteiger charge is 2.24. The number of nitrogens with zero attached hydrogens (tertiary/aromatic N) is 2. The molecule has 3 aromatic carbocycles. The average molecular weight is 389 g/mol. The van der Waals surface area contributed by atoms with Gasteiger partial charge in [0.25, 0.3) is 0 Å². The third kappa shape index (κ3) is 5.03. The van der Waals surface area contributed by atoms with Crippen LogP contribution >= 0.6 is 0 Å². The van der Waals surface area contributed by atoms with Gasteiger partial charge in [-0.3, -0.25) is 9.69 Å². The zero-order chi connectivity index (χ0) is 20.1. The molecule has 29 heavy (non-hydrogen) atoms. The van der Waals surface area contributed by atoms with Gasteiger partial charge in [0.15, 0.2) is 0 Å². The number of fused-ring (bicyclic) bond motifs is 1. The number of carbonyl (C=O) groups is 1. The molecule has 0 saturated carbocycles. The summed E-state index contributed by atoms with van der Waals surface area (Å²) in [6, 6.07) is 25.1. The first-order valence-electron chi connectivity index (χ1n) is 10.3. The van der Waals surface area contributed by atoms with E-state index in [1.165, 1.54) is 21.9 Å². The van der Waals surface area contributed by atoms with E-state index < -0.39 is 0 Å². The van der Waals surface area contributed by atoms with Crippen molar-refractivity contribution < 1.29 is 9.53 Å². The summed E-state index contributed by atoms with van der Waals surface area (Å²) in [6.07, 6.45) is 0.377. The molecule has 0 spiro atoms. The minimum Gasteiger partial charge on any atom is -0.375 e. The van der Waals surface area contributed by atoms with Gasteiger partial charge in [-0.25, -0.2) is 0 Å². The maximum absolute atomic E-state index is 12.8. The van der Waals surface area contributed by atoms with Crippen LogP contribution in [0, 0.1) is 0 Å². The molecule has 0 aromatic heterocycles. The second-order valence-electron chi connectivity index (χ2n) is 7.81. The van der Waals surface area contributed by atoms with E-state index in [1.54, 1.807) is 0 Å². The molecule has 1 fully saturated rings. The van der Waals surface area contributed by atoms with Crippen molar-refractivity contribution in [1.82, 2.24) is 9.80 Å². The normalized spacial score (nSPS) is 17.3. The summed E-state index contributed by atoms with van der Waals surface area (Å²) >= 11 is 0. The summed E-state index contributed by atoms with van der Waals surface area (Å²) in [5, 5.41) is 2.41. The molecule has 4 rings (SSSR count). The predicted molar refractivity (Wildman–Crippen MR) is 116 cm³/mol. The largest absolute Gasteiger partial charge is 0.375 e. The van der Waals surface area contributed by atoms with E-state index in [4.69, 9.17) is 4.74 Å². The van der Waals surface area contributed by atoms with Gasteiger partial charge in [0, 0.05) is 33.2 Å². The molecule has 0 radical (unpaired) electrons. The molecule has 0 unspecified atom stereocenters. The summed E-state index contributed by atoms with van der Waals surface area (Å²) in [5.74, 6) is 0.129. The fourth-order valence-electron chi connectivity index (χ4n) is 4.01. The predicted octanol–water partition coefficient (Wildman–Crippen LogP) is 4.09. The SMILES string of the molecule is CN(Cc1cccc2ccccc12)C(=O)C[C@@H]1CN(Cc2ccccc2)CCO1. The van der Waals surface area contributed by atoms with Crippen molar-refractivity contribution in [2.45, 2.75) is 25.6 Å². The smallest absolute Gasteiger partial charge is 0.225 e. The number of morpholine rings is 1. The molecule has 4 nitrogen and oxygen atoms in total. The molecule has 1 aliphatic rings. The Kier molecular flexibility index (Phi) is 6.23. The van der Waals surface area contributed by atoms with Crippen LogP contribution < -0.4 is 0 Å². The van der Waals surface area contributed by atoms with Gasteiger partial charge in [0.05, 0.1) is 19.1 Å². The van der Waals surface area contributed by atoms with Crippen LogP contribution in [-0.2, 0) is 22.6 Å². The average Bonchev–Trinajstić information content (AvgIpc) is 2.75. The summed E-state index contributed by atoms with van der Waals surface area (Å²) in [7, 11) is 1.88. The van der Waals surface area contributed by atoms with Crippen molar-refractivity contribution in [2.24, 2.45) is 0 Å². The number of amides is 1. The second-order valence-corrected chi connectivity index (χ2v) is 7.81. The Hall–Kier alpha value is -2.69. The topological polar surface area (TPSA) is 32.8 Å². The summed E-state index contributed by atoms with van der Waals surface area (Å²) in [6.45, 7) is 3.90. The molecule has 3 aromatic rings. The third-order valence-corrected chi connectivity index (χ3v) is 5.59. The van der Waals surface area contributed by atoms with Crippen molar-refractivity contribution in [3.05, 3.63) is 83.9 Å². The number of carbonyl (C=O) groups excluding carboxylic acids is 1. The molecule has 0 bridgehead atoms. The van der Waals surface area contributed by atoms with Crippen LogP contribution in [0.5, 0.6) is 0 Å². The van der Waals surface area contributed by atoms with Gasteiger partial charge >= 0.3 is 0 Å². The maximum Gasteiger partial charge on any atom is 0.225 e. The molecule has 4 heteroatoms. The quantitative estimate of drug-likeness (QED) is 0.638. The lowest BCUT2D eigenvalue weighted by molar-refractivity contribution is -0.135. The molecule has 1 atom stereocenters. The van der Waals surface area contributed by atoms with Crippen LogP contribution in [0.15, 0.2) is 72.8 Å². The number of rotatable bonds is 6. The lowest BCUT2D eigenvalue weighted by Gasteiger charge is -2.33. The minimum atomic E-state index is -0.0464. The first-order chi connectivity index (χ1) is 14.2. The maximum atomic E-state index is 12.8. The minimum absolute atomic E-state index is 0.0464. The molecule has 1 heterocycles. The van der Waals surface area contributed by atoms with Crippen LogP contribution in [0.3, 0.4) is 0 Å². The van der Waals surface area contributed by atoms with E-state index in [0.29, 0.717) is 19.6 Å². The van der Waals surface area contributed by atoms with Gasteiger partial charge in [0.2, 0.25) is 5.91 Å². The highest BCUT2D eigenvalue weighted by Crippen LogP contribution is 2.20. The number of hydrogen-bond donors (Lipinski definition) is 0. The standard InChI is InChI=1S/C25H28N2O2/c1-26(18-22-12-7-11-21-10-5-6-13-24(21)22)25(28)16-23-19-27(14-15-29-23)17-20-8-3-2-4-9-20/h2-13,23H,14-19H2,1H3/t23-/m1/s1. The third-order valence-electron chi connectivity index (χ3n) is 5.59. The summed E-state index contributed by atoms with van der Waals surface area (Å²) in [4.78, 5) is 17.0. The zero-order valence-corrected chi connectivity index (χ0v) is 17.0. The summed E-state index contributed by atoms with van der Waals surface area (Å²) < 4.78 is 5.90. The zero-order valence-electron chi connectivity index (χ0n) is 17.0. The van der Waals surface area contributed by atoms with E-state index in [1.807, 2.05) is 30.1 Å². The number of hydrogen-bond acceptors (Lipinski definition) is 3. The molecule has 1 aliphatic heterocycles. The van der Waals surface area contributed by atoms with E-state index in [0.717, 1.165) is 19.6 Å². The van der Waals surface area contributed by atoms with Crippen molar-refractivity contribution >= 4 is 16.7 Å². The Balaban J connectivity index is 1.34. The monoisotopic (exact) mass is 388 g/mol. The van der Waals surface area contributed by atoms with Crippen LogP contribution in [0.2, 0.25) is 0 Å². The molecular weight excluding hydrogens is 360 g/mol. The fourth-order valence-corrected chi connectivity index (χ4v) is 4.01. The van der Waals surface area contributed by atoms with Crippen LogP contribution in [0.1, 0.15) is 17.5 Å². The summed E-state index contributed by atoms with van der Waals surface area (Å²) in [5.41, 5.74) is 2.47. The molecule has 0 aliphatic carbocycles. The van der Waals surface area contributed by atoms with Gasteiger partial charge in [-0.2, -0.15) is 0 Å². The van der Waals surface area contributed by atoms with Crippen LogP contribution in [0.25, 0.3) is 10.8 Å². The molecule has 150 valence electrons. The van der Waals surface area contributed by atoms with Gasteiger partial charge in [-0.05, 0) is 21.9 Å². The van der Waals surface area contributed by atoms with Crippen molar-refractivity contribution in [3.63, 3.8) is 0 Å². The Bertz CT molecular complexity index is 952. The van der Waals surface area contributed by atoms with Crippen molar-refractivity contribution in [1.29, 1.82) is 0 Å². The Labute approximate surface area is 172 Å². The van der Waals surface area contributed by atoms with E-state index in [-0.39, 0.29) is 12.0 Å². The number of benzene rings is 3. The van der Waals surface area contributed by atoms with Crippen LogP contribution in [-0.4, -0.2) is 48.6 Å². The number of ether oxygens (including phenoxy) is 1. The molecule has 1 saturated heterocycles. The first-order valence-corrected chi connectivity index (χ1v) is 10.3. The van der Waals surface area contributed by atoms with Gasteiger partial charge in [-0.1, -0.05) is 72.8 Å². The lowest BCUT2D eigenvalue weighted by Crippen LogP contribution is -2.44. The Morgan fingerprint density at radius 2 is 1.79 bits per heavy atom.